The smallest absolute Gasteiger partial charge is 0.119 e. The molecule has 0 aliphatic rings. The summed E-state index contributed by atoms with van der Waals surface area (Å²) in [6, 6.07) is 5.66. The van der Waals surface area contributed by atoms with Gasteiger partial charge in [0, 0.05) is 0 Å². The van der Waals surface area contributed by atoms with Crippen molar-refractivity contribution in [1.82, 2.24) is 9.59 Å². The molecule has 18 heavy (non-hydrogen) atoms. The molecular formula is C13H16N2O2S. The van der Waals surface area contributed by atoms with Crippen LogP contribution < -0.4 is 4.74 Å². The summed E-state index contributed by atoms with van der Waals surface area (Å²) in [6.07, 6.45) is 0.115. The number of methoxy groups -OCH3 is 1. The molecule has 1 heterocycles. The highest BCUT2D eigenvalue weighted by Gasteiger charge is 2.19. The van der Waals surface area contributed by atoms with Crippen molar-refractivity contribution < 1.29 is 9.84 Å². The lowest BCUT2D eigenvalue weighted by molar-refractivity contribution is 0.222. The van der Waals surface area contributed by atoms with Crippen molar-refractivity contribution in [3.8, 4) is 5.75 Å². The Hall–Kier alpha value is -1.46. The number of hydrogen-bond donors (Lipinski definition) is 1. The van der Waals surface area contributed by atoms with E-state index < -0.39 is 6.10 Å². The number of nitrogens with zero attached hydrogens (tertiary/aromatic N) is 2. The van der Waals surface area contributed by atoms with Gasteiger partial charge in [-0.1, -0.05) is 17.5 Å². The lowest BCUT2D eigenvalue weighted by Gasteiger charge is -2.13. The largest absolute Gasteiger partial charge is 0.497 e. The molecule has 0 amide bonds. The van der Waals surface area contributed by atoms with Crippen molar-refractivity contribution in [2.75, 3.05) is 7.11 Å². The average molecular weight is 264 g/mol. The number of aromatic nitrogens is 2. The normalized spacial score (nSPS) is 12.4. The van der Waals surface area contributed by atoms with Gasteiger partial charge in [-0.25, -0.2) is 0 Å². The molecule has 4 nitrogen and oxygen atoms in total. The van der Waals surface area contributed by atoms with Crippen LogP contribution in [0.25, 0.3) is 0 Å². The molecule has 0 aliphatic carbocycles. The second kappa shape index (κ2) is 5.46. The predicted octanol–water partition coefficient (Wildman–Crippen LogP) is 2.50. The Morgan fingerprint density at radius 1 is 1.44 bits per heavy atom. The molecule has 0 radical (unpaired) electrons. The van der Waals surface area contributed by atoms with E-state index in [1.54, 1.807) is 7.11 Å². The number of aliphatic hydroxyl groups is 1. The second-order valence-electron chi connectivity index (χ2n) is 4.06. The minimum Gasteiger partial charge on any atom is -0.497 e. The summed E-state index contributed by atoms with van der Waals surface area (Å²) in [7, 11) is 1.63. The summed E-state index contributed by atoms with van der Waals surface area (Å²) in [5, 5.41) is 14.5. The fourth-order valence-corrected chi connectivity index (χ4v) is 2.64. The Kier molecular flexibility index (Phi) is 3.93. The molecule has 1 unspecified atom stereocenters. The fourth-order valence-electron chi connectivity index (χ4n) is 1.89. The molecule has 0 bridgehead atoms. The molecule has 0 aliphatic heterocycles. The second-order valence-corrected chi connectivity index (χ2v) is 4.85. The molecule has 1 N–H and O–H groups in total. The third kappa shape index (κ3) is 2.37. The monoisotopic (exact) mass is 264 g/mol. The van der Waals surface area contributed by atoms with E-state index in [-0.39, 0.29) is 0 Å². The van der Waals surface area contributed by atoms with Crippen LogP contribution >= 0.6 is 11.5 Å². The van der Waals surface area contributed by atoms with Crippen LogP contribution in [-0.4, -0.2) is 21.8 Å². The van der Waals surface area contributed by atoms with Crippen LogP contribution in [0.3, 0.4) is 0 Å². The molecule has 2 aromatic rings. The van der Waals surface area contributed by atoms with E-state index in [9.17, 15) is 5.11 Å². The fraction of sp³-hybridized carbons (Fsp3) is 0.385. The van der Waals surface area contributed by atoms with Crippen molar-refractivity contribution >= 4 is 11.5 Å². The highest BCUT2D eigenvalue weighted by molar-refractivity contribution is 7.05. The molecule has 0 spiro atoms. The van der Waals surface area contributed by atoms with E-state index in [1.807, 2.05) is 32.0 Å². The van der Waals surface area contributed by atoms with Gasteiger partial charge in [0.05, 0.1) is 17.7 Å². The van der Waals surface area contributed by atoms with Crippen LogP contribution in [-0.2, 0) is 6.42 Å². The highest BCUT2D eigenvalue weighted by Crippen LogP contribution is 2.30. The van der Waals surface area contributed by atoms with Crippen LogP contribution in [0.4, 0.5) is 0 Å². The number of ether oxygens (including phenoxy) is 1. The van der Waals surface area contributed by atoms with Crippen molar-refractivity contribution in [2.45, 2.75) is 26.4 Å². The van der Waals surface area contributed by atoms with Gasteiger partial charge in [0.1, 0.15) is 11.9 Å². The van der Waals surface area contributed by atoms with E-state index in [0.29, 0.717) is 0 Å². The first-order chi connectivity index (χ1) is 8.67. The number of hydrogen-bond acceptors (Lipinski definition) is 5. The zero-order chi connectivity index (χ0) is 13.1. The summed E-state index contributed by atoms with van der Waals surface area (Å²) in [5.74, 6) is 0.793. The quantitative estimate of drug-likeness (QED) is 0.921. The average Bonchev–Trinajstić information content (AvgIpc) is 2.86. The van der Waals surface area contributed by atoms with E-state index in [2.05, 4.69) is 9.59 Å². The van der Waals surface area contributed by atoms with Gasteiger partial charge in [-0.3, -0.25) is 0 Å². The van der Waals surface area contributed by atoms with Gasteiger partial charge in [-0.2, -0.15) is 0 Å². The minimum absolute atomic E-state index is 0.661. The topological polar surface area (TPSA) is 55.2 Å². The summed E-state index contributed by atoms with van der Waals surface area (Å²) in [5.41, 5.74) is 2.73. The van der Waals surface area contributed by atoms with Gasteiger partial charge in [0.2, 0.25) is 0 Å². The van der Waals surface area contributed by atoms with E-state index >= 15 is 0 Å². The molecule has 5 heteroatoms. The van der Waals surface area contributed by atoms with Crippen LogP contribution in [0.2, 0.25) is 0 Å². The Bertz CT molecular complexity index is 540. The van der Waals surface area contributed by atoms with Gasteiger partial charge in [-0.05, 0) is 48.1 Å². The minimum atomic E-state index is -0.661. The first-order valence-corrected chi connectivity index (χ1v) is 6.58. The molecule has 0 fully saturated rings. The molecule has 96 valence electrons. The summed E-state index contributed by atoms with van der Waals surface area (Å²) in [6.45, 7) is 3.97. The van der Waals surface area contributed by atoms with E-state index in [0.717, 1.165) is 33.9 Å². The van der Waals surface area contributed by atoms with Crippen LogP contribution in [0.5, 0.6) is 5.75 Å². The summed E-state index contributed by atoms with van der Waals surface area (Å²) < 4.78 is 9.07. The van der Waals surface area contributed by atoms with Crippen LogP contribution in [0, 0.1) is 6.92 Å². The van der Waals surface area contributed by atoms with Crippen LogP contribution in [0.15, 0.2) is 18.2 Å². The zero-order valence-corrected chi connectivity index (χ0v) is 11.5. The molecule has 2 rings (SSSR count). The number of rotatable bonds is 4. The van der Waals surface area contributed by atoms with Gasteiger partial charge < -0.3 is 9.84 Å². The Balaban J connectivity index is 2.37. The van der Waals surface area contributed by atoms with Gasteiger partial charge in [-0.15, -0.1) is 5.10 Å². The van der Waals surface area contributed by atoms with E-state index in [4.69, 9.17) is 4.74 Å². The van der Waals surface area contributed by atoms with Crippen molar-refractivity contribution in [3.63, 3.8) is 0 Å². The van der Waals surface area contributed by atoms with Crippen molar-refractivity contribution in [1.29, 1.82) is 0 Å². The SMILES string of the molecule is CCc1nnsc1C(O)c1ccc(OC)cc1C. The molecule has 1 atom stereocenters. The number of aryl methyl sites for hydroxylation is 2. The van der Waals surface area contributed by atoms with Crippen molar-refractivity contribution in [3.05, 3.63) is 39.9 Å². The molecule has 1 aromatic carbocycles. The molecule has 1 aromatic heterocycles. The maximum absolute atomic E-state index is 10.4. The third-order valence-electron chi connectivity index (χ3n) is 2.94. The molecular weight excluding hydrogens is 248 g/mol. The lowest BCUT2D eigenvalue weighted by atomic mass is 10.0. The van der Waals surface area contributed by atoms with Gasteiger partial charge in [0.15, 0.2) is 0 Å². The summed E-state index contributed by atoms with van der Waals surface area (Å²) >= 11 is 1.25. The maximum Gasteiger partial charge on any atom is 0.119 e. The number of benzene rings is 1. The Morgan fingerprint density at radius 2 is 2.22 bits per heavy atom. The summed E-state index contributed by atoms with van der Waals surface area (Å²) in [4.78, 5) is 0.825. The first-order valence-electron chi connectivity index (χ1n) is 5.81. The Morgan fingerprint density at radius 3 is 2.83 bits per heavy atom. The van der Waals surface area contributed by atoms with Crippen molar-refractivity contribution in [2.24, 2.45) is 0 Å². The molecule has 0 saturated carbocycles. The van der Waals surface area contributed by atoms with Crippen LogP contribution in [0.1, 0.15) is 34.7 Å². The Labute approximate surface area is 110 Å². The zero-order valence-electron chi connectivity index (χ0n) is 10.7. The standard InChI is InChI=1S/C13H16N2O2S/c1-4-11-13(18-15-14-11)12(16)10-6-5-9(17-3)7-8(10)2/h5-7,12,16H,4H2,1-3H3. The highest BCUT2D eigenvalue weighted by atomic mass is 32.1. The van der Waals surface area contributed by atoms with Gasteiger partial charge in [0.25, 0.3) is 0 Å². The molecule has 0 saturated heterocycles. The van der Waals surface area contributed by atoms with Gasteiger partial charge >= 0.3 is 0 Å². The van der Waals surface area contributed by atoms with E-state index in [1.165, 1.54) is 11.5 Å². The maximum atomic E-state index is 10.4. The number of aliphatic hydroxyl groups excluding tert-OH is 1. The lowest BCUT2D eigenvalue weighted by Crippen LogP contribution is -2.03. The third-order valence-corrected chi connectivity index (χ3v) is 3.76. The predicted molar refractivity (Wildman–Crippen MR) is 71.1 cm³/mol. The first kappa shape index (κ1) is 13.0.